The minimum absolute atomic E-state index is 0.0906. The van der Waals surface area contributed by atoms with Gasteiger partial charge in [0.25, 0.3) is 5.91 Å². The molecule has 1 saturated heterocycles. The van der Waals surface area contributed by atoms with E-state index in [1.807, 2.05) is 13.0 Å². The van der Waals surface area contributed by atoms with Gasteiger partial charge in [0.05, 0.1) is 19.2 Å². The highest BCUT2D eigenvalue weighted by Gasteiger charge is 2.42. The van der Waals surface area contributed by atoms with E-state index < -0.39 is 23.9 Å². The molecule has 6 nitrogen and oxygen atoms in total. The molecule has 3 aromatic rings. The number of hydrogen-bond donors (Lipinski definition) is 0. The van der Waals surface area contributed by atoms with Crippen molar-refractivity contribution < 1.29 is 23.5 Å². The Morgan fingerprint density at radius 3 is 2.73 bits per heavy atom. The first kappa shape index (κ1) is 19.8. The van der Waals surface area contributed by atoms with E-state index in [1.165, 1.54) is 24.1 Å². The zero-order valence-corrected chi connectivity index (χ0v) is 16.7. The van der Waals surface area contributed by atoms with Gasteiger partial charge in [-0.2, -0.15) is 0 Å². The van der Waals surface area contributed by atoms with E-state index in [2.05, 4.69) is 4.98 Å². The van der Waals surface area contributed by atoms with Crippen molar-refractivity contribution in [1.82, 2.24) is 9.88 Å². The van der Waals surface area contributed by atoms with Gasteiger partial charge in [0, 0.05) is 23.6 Å². The molecule has 1 aliphatic heterocycles. The summed E-state index contributed by atoms with van der Waals surface area (Å²) in [5.74, 6) is -1.24. The van der Waals surface area contributed by atoms with Crippen LogP contribution in [0.5, 0.6) is 5.75 Å². The van der Waals surface area contributed by atoms with Crippen molar-refractivity contribution >= 4 is 22.8 Å². The van der Waals surface area contributed by atoms with Gasteiger partial charge in [0.2, 0.25) is 0 Å². The van der Waals surface area contributed by atoms with Gasteiger partial charge in [0.15, 0.2) is 11.6 Å². The summed E-state index contributed by atoms with van der Waals surface area (Å²) in [7, 11) is 1.28. The molecule has 0 bridgehead atoms. The van der Waals surface area contributed by atoms with Crippen LogP contribution in [0.4, 0.5) is 4.39 Å². The number of carbonyl (C=O) groups excluding carboxylic acids is 2. The molecule has 2 atom stereocenters. The van der Waals surface area contributed by atoms with Crippen LogP contribution in [0.15, 0.2) is 54.7 Å². The molecule has 1 aromatic heterocycles. The predicted octanol–water partition coefficient (Wildman–Crippen LogP) is 3.52. The minimum atomic E-state index is -0.801. The SMILES string of the molecule is COC(=O)C1CC(Oc2ccccc2F)CN1C(=O)c1ccc2nccc(C)c2c1. The Labute approximate surface area is 173 Å². The normalized spacial score (nSPS) is 18.4. The van der Waals surface area contributed by atoms with Gasteiger partial charge >= 0.3 is 5.97 Å². The summed E-state index contributed by atoms with van der Waals surface area (Å²) in [6.45, 7) is 2.10. The molecule has 7 heteroatoms. The molecule has 0 radical (unpaired) electrons. The van der Waals surface area contributed by atoms with Crippen molar-refractivity contribution in [2.75, 3.05) is 13.7 Å². The fraction of sp³-hybridized carbons (Fsp3) is 0.261. The Morgan fingerprint density at radius 2 is 1.97 bits per heavy atom. The summed E-state index contributed by atoms with van der Waals surface area (Å²) >= 11 is 0. The zero-order chi connectivity index (χ0) is 21.3. The Kier molecular flexibility index (Phi) is 5.35. The highest BCUT2D eigenvalue weighted by atomic mass is 19.1. The number of hydrogen-bond acceptors (Lipinski definition) is 5. The number of carbonyl (C=O) groups is 2. The van der Waals surface area contributed by atoms with Gasteiger partial charge < -0.3 is 14.4 Å². The number of amides is 1. The number of esters is 1. The Balaban J connectivity index is 1.62. The van der Waals surface area contributed by atoms with Crippen LogP contribution in [-0.4, -0.2) is 47.6 Å². The van der Waals surface area contributed by atoms with Crippen LogP contribution in [0, 0.1) is 12.7 Å². The lowest BCUT2D eigenvalue weighted by Gasteiger charge is -2.22. The van der Waals surface area contributed by atoms with E-state index in [1.54, 1.807) is 36.5 Å². The van der Waals surface area contributed by atoms with Gasteiger partial charge in [-0.05, 0) is 48.9 Å². The number of methoxy groups -OCH3 is 1. The van der Waals surface area contributed by atoms with Crippen LogP contribution in [0.3, 0.4) is 0 Å². The summed E-state index contributed by atoms with van der Waals surface area (Å²) in [5.41, 5.74) is 2.23. The summed E-state index contributed by atoms with van der Waals surface area (Å²) in [5, 5.41) is 0.872. The Bertz CT molecular complexity index is 1120. The molecule has 30 heavy (non-hydrogen) atoms. The van der Waals surface area contributed by atoms with E-state index >= 15 is 0 Å². The molecule has 1 fully saturated rings. The predicted molar refractivity (Wildman–Crippen MR) is 109 cm³/mol. The van der Waals surface area contributed by atoms with Gasteiger partial charge in [0.1, 0.15) is 12.1 Å². The topological polar surface area (TPSA) is 68.7 Å². The minimum Gasteiger partial charge on any atom is -0.485 e. The van der Waals surface area contributed by atoms with Crippen LogP contribution in [0.2, 0.25) is 0 Å². The van der Waals surface area contributed by atoms with Crippen molar-refractivity contribution in [2.45, 2.75) is 25.5 Å². The van der Waals surface area contributed by atoms with Crippen molar-refractivity contribution in [3.63, 3.8) is 0 Å². The third-order valence-electron chi connectivity index (χ3n) is 5.33. The number of pyridine rings is 1. The second kappa shape index (κ2) is 8.10. The molecule has 2 aromatic carbocycles. The number of aromatic nitrogens is 1. The summed E-state index contributed by atoms with van der Waals surface area (Å²) in [6, 6.07) is 12.4. The number of benzene rings is 2. The molecule has 154 valence electrons. The van der Waals surface area contributed by atoms with E-state index in [0.717, 1.165) is 16.5 Å². The quantitative estimate of drug-likeness (QED) is 0.618. The fourth-order valence-corrected chi connectivity index (χ4v) is 3.77. The molecule has 0 N–H and O–H groups in total. The van der Waals surface area contributed by atoms with Gasteiger partial charge in [-0.3, -0.25) is 9.78 Å². The van der Waals surface area contributed by atoms with Crippen molar-refractivity contribution in [3.8, 4) is 5.75 Å². The van der Waals surface area contributed by atoms with Crippen molar-refractivity contribution in [1.29, 1.82) is 0 Å². The van der Waals surface area contributed by atoms with E-state index in [0.29, 0.717) is 5.56 Å². The number of rotatable bonds is 4. The first-order chi connectivity index (χ1) is 14.5. The number of halogens is 1. The fourth-order valence-electron chi connectivity index (χ4n) is 3.77. The van der Waals surface area contributed by atoms with E-state index in [-0.39, 0.29) is 24.6 Å². The van der Waals surface area contributed by atoms with Gasteiger partial charge in [-0.1, -0.05) is 12.1 Å². The van der Waals surface area contributed by atoms with Crippen LogP contribution < -0.4 is 4.74 Å². The average molecular weight is 408 g/mol. The number of likely N-dealkylation sites (tertiary alicyclic amines) is 1. The maximum Gasteiger partial charge on any atom is 0.328 e. The number of fused-ring (bicyclic) bond motifs is 1. The molecule has 0 aliphatic carbocycles. The average Bonchev–Trinajstić information content (AvgIpc) is 3.18. The molecule has 0 saturated carbocycles. The molecule has 2 unspecified atom stereocenters. The van der Waals surface area contributed by atoms with Gasteiger partial charge in [-0.25, -0.2) is 9.18 Å². The van der Waals surface area contributed by atoms with Crippen LogP contribution in [0.25, 0.3) is 10.9 Å². The maximum absolute atomic E-state index is 14.0. The smallest absolute Gasteiger partial charge is 0.328 e. The molecule has 2 heterocycles. The monoisotopic (exact) mass is 408 g/mol. The standard InChI is InChI=1S/C23H21FN2O4/c1-14-9-10-25-19-8-7-15(11-17(14)19)22(27)26-13-16(12-20(26)23(28)29-2)30-21-6-4-3-5-18(21)24/h3-11,16,20H,12-13H2,1-2H3. The Morgan fingerprint density at radius 1 is 1.17 bits per heavy atom. The number of aryl methyl sites for hydroxylation is 1. The number of nitrogens with zero attached hydrogens (tertiary/aromatic N) is 2. The molecule has 4 rings (SSSR count). The molecular formula is C23H21FN2O4. The van der Waals surface area contributed by atoms with Gasteiger partial charge in [-0.15, -0.1) is 0 Å². The third-order valence-corrected chi connectivity index (χ3v) is 5.33. The number of para-hydroxylation sites is 1. The largest absolute Gasteiger partial charge is 0.485 e. The van der Waals surface area contributed by atoms with E-state index in [4.69, 9.17) is 9.47 Å². The highest BCUT2D eigenvalue weighted by Crippen LogP contribution is 2.28. The zero-order valence-electron chi connectivity index (χ0n) is 16.7. The highest BCUT2D eigenvalue weighted by molar-refractivity contribution is 6.00. The summed E-state index contributed by atoms with van der Waals surface area (Å²) in [6.07, 6.45) is 1.41. The summed E-state index contributed by atoms with van der Waals surface area (Å²) in [4.78, 5) is 31.3. The second-order valence-corrected chi connectivity index (χ2v) is 7.26. The molecule has 0 spiro atoms. The lowest BCUT2D eigenvalue weighted by molar-refractivity contribution is -0.145. The molecule has 1 amide bonds. The molecule has 1 aliphatic rings. The lowest BCUT2D eigenvalue weighted by atomic mass is 10.1. The summed E-state index contributed by atoms with van der Waals surface area (Å²) < 4.78 is 24.6. The first-order valence-electron chi connectivity index (χ1n) is 9.63. The van der Waals surface area contributed by atoms with E-state index in [9.17, 15) is 14.0 Å². The van der Waals surface area contributed by atoms with Crippen LogP contribution >= 0.6 is 0 Å². The van der Waals surface area contributed by atoms with Crippen molar-refractivity contribution in [2.24, 2.45) is 0 Å². The molecular weight excluding hydrogens is 387 g/mol. The van der Waals surface area contributed by atoms with Crippen molar-refractivity contribution in [3.05, 3.63) is 71.7 Å². The Hall–Kier alpha value is -3.48. The van der Waals surface area contributed by atoms with Crippen LogP contribution in [0.1, 0.15) is 22.3 Å². The van der Waals surface area contributed by atoms with Crippen LogP contribution in [-0.2, 0) is 9.53 Å². The lowest BCUT2D eigenvalue weighted by Crippen LogP contribution is -2.41. The second-order valence-electron chi connectivity index (χ2n) is 7.26. The number of ether oxygens (including phenoxy) is 2. The first-order valence-corrected chi connectivity index (χ1v) is 9.63. The maximum atomic E-state index is 14.0. The third kappa shape index (κ3) is 3.70.